The summed E-state index contributed by atoms with van der Waals surface area (Å²) in [4.78, 5) is 41.8. The Balaban J connectivity index is 1.94. The minimum absolute atomic E-state index is 0.174. The first kappa shape index (κ1) is 20.9. The number of carbonyl (C=O) groups excluding carboxylic acids is 1. The fourth-order valence-electron chi connectivity index (χ4n) is 3.94. The lowest BCUT2D eigenvalue weighted by Gasteiger charge is -2.30. The molecule has 0 aliphatic carbocycles. The molecule has 4 rings (SSSR count). The molecular formula is C23H25N3O5. The lowest BCUT2D eigenvalue weighted by atomic mass is 10.1. The monoisotopic (exact) mass is 423 g/mol. The van der Waals surface area contributed by atoms with Gasteiger partial charge >= 0.3 is 5.69 Å². The van der Waals surface area contributed by atoms with Crippen LogP contribution < -0.4 is 16.0 Å². The van der Waals surface area contributed by atoms with E-state index in [1.807, 2.05) is 13.0 Å². The fraction of sp³-hybridized carbons (Fsp3) is 0.348. The molecule has 1 aliphatic rings. The number of rotatable bonds is 4. The molecule has 0 radical (unpaired) electrons. The van der Waals surface area contributed by atoms with Crippen LogP contribution in [0.2, 0.25) is 0 Å². The normalized spacial score (nSPS) is 15.1. The summed E-state index contributed by atoms with van der Waals surface area (Å²) in [6.45, 7) is 5.48. The quantitative estimate of drug-likeness (QED) is 0.640. The summed E-state index contributed by atoms with van der Waals surface area (Å²) in [6, 6.07) is 11.2. The van der Waals surface area contributed by atoms with Crippen molar-refractivity contribution in [3.63, 3.8) is 0 Å². The highest BCUT2D eigenvalue weighted by molar-refractivity contribution is 5.85. The van der Waals surface area contributed by atoms with Crippen molar-refractivity contribution >= 4 is 16.8 Å². The number of aromatic nitrogens is 2. The smallest absolute Gasteiger partial charge is 0.336 e. The van der Waals surface area contributed by atoms with Gasteiger partial charge in [0.05, 0.1) is 36.9 Å². The molecule has 8 heteroatoms. The number of morpholine rings is 1. The van der Waals surface area contributed by atoms with E-state index in [1.54, 1.807) is 55.3 Å². The molecule has 3 aromatic rings. The van der Waals surface area contributed by atoms with Gasteiger partial charge in [-0.1, -0.05) is 11.6 Å². The molecule has 8 nitrogen and oxygen atoms in total. The third-order valence-electron chi connectivity index (χ3n) is 5.64. The minimum Gasteiger partial charge on any atom is -0.497 e. The standard InChI is InChI=1S/C23H25N3O5/c1-15-4-9-20-19(14-15)22(28)26(17-5-7-18(30-3)8-6-17)23(29)25(20)16(2)21(27)24-10-12-31-13-11-24/h4-9,14,16H,10-13H2,1-3H3. The molecule has 2 aromatic carbocycles. The third kappa shape index (κ3) is 3.74. The van der Waals surface area contributed by atoms with Gasteiger partial charge in [0, 0.05) is 13.1 Å². The zero-order chi connectivity index (χ0) is 22.1. The predicted molar refractivity (Wildman–Crippen MR) is 117 cm³/mol. The number of aryl methyl sites for hydroxylation is 1. The second kappa shape index (κ2) is 8.39. The van der Waals surface area contributed by atoms with Crippen LogP contribution in [-0.4, -0.2) is 53.4 Å². The molecule has 162 valence electrons. The number of nitrogens with zero attached hydrogens (tertiary/aromatic N) is 3. The van der Waals surface area contributed by atoms with E-state index >= 15 is 0 Å². The van der Waals surface area contributed by atoms with E-state index in [9.17, 15) is 14.4 Å². The van der Waals surface area contributed by atoms with Crippen LogP contribution in [0.4, 0.5) is 0 Å². The molecule has 0 saturated carbocycles. The summed E-state index contributed by atoms with van der Waals surface area (Å²) in [7, 11) is 1.55. The maximum Gasteiger partial charge on any atom is 0.336 e. The molecule has 1 aromatic heterocycles. The summed E-state index contributed by atoms with van der Waals surface area (Å²) < 4.78 is 13.0. The van der Waals surface area contributed by atoms with E-state index in [1.165, 1.54) is 4.57 Å². The van der Waals surface area contributed by atoms with Gasteiger partial charge in [-0.2, -0.15) is 0 Å². The van der Waals surface area contributed by atoms with Gasteiger partial charge < -0.3 is 14.4 Å². The Morgan fingerprint density at radius 1 is 1.06 bits per heavy atom. The van der Waals surface area contributed by atoms with Gasteiger partial charge in [0.25, 0.3) is 5.56 Å². The fourth-order valence-corrected chi connectivity index (χ4v) is 3.94. The van der Waals surface area contributed by atoms with Crippen molar-refractivity contribution in [1.29, 1.82) is 0 Å². The molecule has 1 aliphatic heterocycles. The summed E-state index contributed by atoms with van der Waals surface area (Å²) in [5, 5.41) is 0.386. The lowest BCUT2D eigenvalue weighted by Crippen LogP contribution is -2.47. The van der Waals surface area contributed by atoms with Crippen LogP contribution in [0.15, 0.2) is 52.1 Å². The van der Waals surface area contributed by atoms with Gasteiger partial charge in [-0.15, -0.1) is 0 Å². The molecule has 1 fully saturated rings. The van der Waals surface area contributed by atoms with E-state index in [2.05, 4.69) is 0 Å². The van der Waals surface area contributed by atoms with Crippen molar-refractivity contribution in [3.05, 3.63) is 68.9 Å². The van der Waals surface area contributed by atoms with E-state index in [4.69, 9.17) is 9.47 Å². The summed E-state index contributed by atoms with van der Waals surface area (Å²) in [5.41, 5.74) is 0.776. The molecule has 1 amide bonds. The highest BCUT2D eigenvalue weighted by Crippen LogP contribution is 2.19. The Bertz CT molecular complexity index is 1240. The number of benzene rings is 2. The summed E-state index contributed by atoms with van der Waals surface area (Å²) in [6.07, 6.45) is 0. The molecule has 2 heterocycles. The van der Waals surface area contributed by atoms with Crippen molar-refractivity contribution in [2.75, 3.05) is 33.4 Å². The number of carbonyl (C=O) groups is 1. The van der Waals surface area contributed by atoms with Gasteiger partial charge in [0.1, 0.15) is 11.8 Å². The average Bonchev–Trinajstić information content (AvgIpc) is 2.80. The number of methoxy groups -OCH3 is 1. The Kier molecular flexibility index (Phi) is 5.65. The Labute approximate surface area is 179 Å². The number of hydrogen-bond donors (Lipinski definition) is 0. The molecule has 1 saturated heterocycles. The maximum atomic E-state index is 13.6. The average molecular weight is 423 g/mol. The molecule has 1 unspecified atom stereocenters. The predicted octanol–water partition coefficient (Wildman–Crippen LogP) is 1.89. The van der Waals surface area contributed by atoms with E-state index in [-0.39, 0.29) is 5.91 Å². The van der Waals surface area contributed by atoms with Crippen LogP contribution >= 0.6 is 0 Å². The highest BCUT2D eigenvalue weighted by atomic mass is 16.5. The van der Waals surface area contributed by atoms with Crippen molar-refractivity contribution in [2.24, 2.45) is 0 Å². The van der Waals surface area contributed by atoms with E-state index < -0.39 is 17.3 Å². The molecule has 0 bridgehead atoms. The second-order valence-corrected chi connectivity index (χ2v) is 7.63. The molecule has 1 atom stereocenters. The van der Waals surface area contributed by atoms with E-state index in [0.717, 1.165) is 10.1 Å². The summed E-state index contributed by atoms with van der Waals surface area (Å²) >= 11 is 0. The SMILES string of the molecule is COc1ccc(-n2c(=O)c3cc(C)ccc3n(C(C)C(=O)N3CCOCC3)c2=O)cc1. The highest BCUT2D eigenvalue weighted by Gasteiger charge is 2.27. The van der Waals surface area contributed by atoms with Gasteiger partial charge in [-0.25, -0.2) is 9.36 Å². The van der Waals surface area contributed by atoms with Crippen LogP contribution in [0.1, 0.15) is 18.5 Å². The van der Waals surface area contributed by atoms with Crippen LogP contribution in [0.3, 0.4) is 0 Å². The minimum atomic E-state index is -0.777. The summed E-state index contributed by atoms with van der Waals surface area (Å²) in [5.74, 6) is 0.442. The molecule has 0 spiro atoms. The largest absolute Gasteiger partial charge is 0.497 e. The van der Waals surface area contributed by atoms with Crippen molar-refractivity contribution < 1.29 is 14.3 Å². The Morgan fingerprint density at radius 2 is 1.74 bits per heavy atom. The van der Waals surface area contributed by atoms with Crippen LogP contribution in [0.5, 0.6) is 5.75 Å². The van der Waals surface area contributed by atoms with Crippen molar-refractivity contribution in [3.8, 4) is 11.4 Å². The zero-order valence-corrected chi connectivity index (χ0v) is 17.8. The van der Waals surface area contributed by atoms with Gasteiger partial charge in [0.2, 0.25) is 5.91 Å². The second-order valence-electron chi connectivity index (χ2n) is 7.63. The number of amides is 1. The molecular weight excluding hydrogens is 398 g/mol. The van der Waals surface area contributed by atoms with Crippen LogP contribution in [-0.2, 0) is 9.53 Å². The Morgan fingerprint density at radius 3 is 2.39 bits per heavy atom. The molecule has 0 N–H and O–H groups in total. The van der Waals surface area contributed by atoms with Gasteiger partial charge in [-0.05, 0) is 50.2 Å². The molecule has 31 heavy (non-hydrogen) atoms. The van der Waals surface area contributed by atoms with Crippen LogP contribution in [0, 0.1) is 6.92 Å². The maximum absolute atomic E-state index is 13.6. The van der Waals surface area contributed by atoms with Gasteiger partial charge in [-0.3, -0.25) is 14.2 Å². The first-order chi connectivity index (χ1) is 14.9. The number of fused-ring (bicyclic) bond motifs is 1. The number of ether oxygens (including phenoxy) is 2. The number of hydrogen-bond acceptors (Lipinski definition) is 5. The Hall–Kier alpha value is -3.39. The first-order valence-electron chi connectivity index (χ1n) is 10.2. The third-order valence-corrected chi connectivity index (χ3v) is 5.64. The topological polar surface area (TPSA) is 82.8 Å². The van der Waals surface area contributed by atoms with Crippen molar-refractivity contribution in [1.82, 2.24) is 14.0 Å². The van der Waals surface area contributed by atoms with E-state index in [0.29, 0.717) is 48.6 Å². The van der Waals surface area contributed by atoms with Crippen LogP contribution in [0.25, 0.3) is 16.6 Å². The van der Waals surface area contributed by atoms with Crippen molar-refractivity contribution in [2.45, 2.75) is 19.9 Å². The zero-order valence-electron chi connectivity index (χ0n) is 17.8. The van der Waals surface area contributed by atoms with Gasteiger partial charge in [0.15, 0.2) is 0 Å². The first-order valence-corrected chi connectivity index (χ1v) is 10.2. The lowest BCUT2D eigenvalue weighted by molar-refractivity contribution is -0.138.